The number of rotatable bonds is 8. The van der Waals surface area contributed by atoms with Gasteiger partial charge in [-0.3, -0.25) is 9.55 Å². The van der Waals surface area contributed by atoms with Crippen LogP contribution >= 0.6 is 11.6 Å². The Labute approximate surface area is 201 Å². The molecule has 3 aromatic rings. The van der Waals surface area contributed by atoms with E-state index in [2.05, 4.69) is 30.4 Å². The molecule has 0 aliphatic rings. The number of carboxylic acid groups (broad SMARTS) is 1. The van der Waals surface area contributed by atoms with E-state index in [1.54, 1.807) is 24.3 Å². The molecule has 1 heterocycles. The highest BCUT2D eigenvalue weighted by atomic mass is 35.5. The first-order valence-electron chi connectivity index (χ1n) is 10.8. The lowest BCUT2D eigenvalue weighted by Gasteiger charge is -2.12. The summed E-state index contributed by atoms with van der Waals surface area (Å²) in [6.45, 7) is 9.36. The Bertz CT molecular complexity index is 1410. The summed E-state index contributed by atoms with van der Waals surface area (Å²) in [4.78, 5) is 44.3. The van der Waals surface area contributed by atoms with E-state index in [9.17, 15) is 14.4 Å². The first-order valence-corrected chi connectivity index (χ1v) is 11.2. The Balaban J connectivity index is 2.17. The number of halogens is 1. The average Bonchev–Trinajstić information content (AvgIpc) is 2.76. The second kappa shape index (κ2) is 10.5. The van der Waals surface area contributed by atoms with E-state index in [1.165, 1.54) is 10.1 Å². The molecule has 0 aliphatic heterocycles. The van der Waals surface area contributed by atoms with Crippen molar-refractivity contribution in [1.29, 1.82) is 0 Å². The van der Waals surface area contributed by atoms with Gasteiger partial charge in [0.05, 0.1) is 18.8 Å². The van der Waals surface area contributed by atoms with Gasteiger partial charge in [0.1, 0.15) is 0 Å². The normalized spacial score (nSPS) is 11.7. The number of hydrogen-bond acceptors (Lipinski definition) is 4. The molecule has 0 unspecified atom stereocenters. The van der Waals surface area contributed by atoms with Gasteiger partial charge in [-0.05, 0) is 60.2 Å². The third-order valence-corrected chi connectivity index (χ3v) is 5.53. The molecule has 0 radical (unpaired) electrons. The van der Waals surface area contributed by atoms with Crippen LogP contribution in [-0.2, 0) is 24.3 Å². The fraction of sp³-hybridized carbons (Fsp3) is 0.280. The van der Waals surface area contributed by atoms with Gasteiger partial charge in [0.25, 0.3) is 0 Å². The second-order valence-corrected chi connectivity index (χ2v) is 9.00. The fourth-order valence-corrected chi connectivity index (χ4v) is 3.62. The van der Waals surface area contributed by atoms with E-state index >= 15 is 0 Å². The Hall–Kier alpha value is -3.65. The molecule has 0 atom stereocenters. The Kier molecular flexibility index (Phi) is 7.73. The van der Waals surface area contributed by atoms with Gasteiger partial charge in [-0.15, -0.1) is 0 Å². The number of aromatic amines is 1. The number of aliphatic carboxylic acids is 1. The predicted molar refractivity (Wildman–Crippen MR) is 132 cm³/mol. The fourth-order valence-electron chi connectivity index (χ4n) is 3.50. The van der Waals surface area contributed by atoms with Gasteiger partial charge in [-0.2, -0.15) is 0 Å². The van der Waals surface area contributed by atoms with Crippen LogP contribution in [0.15, 0.2) is 69.2 Å². The highest BCUT2D eigenvalue weighted by molar-refractivity contribution is 6.30. The molecular weight excluding hydrogens is 456 g/mol. The molecule has 0 fully saturated rings. The van der Waals surface area contributed by atoms with Crippen molar-refractivity contribution in [2.75, 3.05) is 0 Å². The topological polar surface area (TPSA) is 109 Å². The van der Waals surface area contributed by atoms with Crippen molar-refractivity contribution in [3.05, 3.63) is 103 Å². The van der Waals surface area contributed by atoms with Crippen LogP contribution in [0, 0.1) is 12.8 Å². The molecule has 8 nitrogen and oxygen atoms in total. The van der Waals surface area contributed by atoms with E-state index in [4.69, 9.17) is 16.7 Å². The molecule has 0 amide bonds. The highest BCUT2D eigenvalue weighted by Gasteiger charge is 2.14. The molecule has 1 aromatic heterocycles. The Morgan fingerprint density at radius 2 is 1.82 bits per heavy atom. The molecule has 34 heavy (non-hydrogen) atoms. The number of nitrogens with zero attached hydrogens (tertiary/aromatic N) is 3. The minimum atomic E-state index is -1.29. The van der Waals surface area contributed by atoms with Crippen molar-refractivity contribution in [1.82, 2.24) is 14.1 Å². The smallest absolute Gasteiger partial charge is 0.335 e. The van der Waals surface area contributed by atoms with Crippen molar-refractivity contribution in [2.45, 2.75) is 40.3 Å². The van der Waals surface area contributed by atoms with Crippen LogP contribution < -0.4 is 17.0 Å². The van der Waals surface area contributed by atoms with Crippen LogP contribution in [0.2, 0.25) is 5.02 Å². The number of nitrogens with one attached hydrogen (secondary N) is 1. The maximum absolute atomic E-state index is 13.3. The summed E-state index contributed by atoms with van der Waals surface area (Å²) < 4.78 is 2.08. The molecule has 0 saturated heterocycles. The number of benzene rings is 2. The summed E-state index contributed by atoms with van der Waals surface area (Å²) in [5, 5.41) is 9.69. The molecule has 0 bridgehead atoms. The van der Waals surface area contributed by atoms with Crippen LogP contribution in [0.25, 0.3) is 0 Å². The SMILES string of the molecule is C=C(Cn1c(=O)[nH]/c(=N\c2ccc(CC(C)C)c(C)c2)n(Cc2ccc(Cl)cc2)c1=O)C(=O)O. The molecule has 2 N–H and O–H groups in total. The number of carbonyl (C=O) groups is 1. The molecule has 0 spiro atoms. The minimum Gasteiger partial charge on any atom is -0.478 e. The summed E-state index contributed by atoms with van der Waals surface area (Å²) in [6.07, 6.45) is 0.934. The van der Waals surface area contributed by atoms with Crippen LogP contribution in [-0.4, -0.2) is 25.2 Å². The van der Waals surface area contributed by atoms with E-state index in [0.29, 0.717) is 16.6 Å². The van der Waals surface area contributed by atoms with Gasteiger partial charge < -0.3 is 5.11 Å². The van der Waals surface area contributed by atoms with Crippen molar-refractivity contribution in [2.24, 2.45) is 10.9 Å². The zero-order valence-electron chi connectivity index (χ0n) is 19.3. The summed E-state index contributed by atoms with van der Waals surface area (Å²) in [6, 6.07) is 12.6. The predicted octanol–water partition coefficient (Wildman–Crippen LogP) is 3.42. The largest absolute Gasteiger partial charge is 0.478 e. The lowest BCUT2D eigenvalue weighted by molar-refractivity contribution is -0.132. The summed E-state index contributed by atoms with van der Waals surface area (Å²) in [7, 11) is 0. The Morgan fingerprint density at radius 3 is 2.41 bits per heavy atom. The minimum absolute atomic E-state index is 0.0538. The van der Waals surface area contributed by atoms with Gasteiger partial charge >= 0.3 is 17.3 Å². The van der Waals surface area contributed by atoms with E-state index < -0.39 is 23.9 Å². The van der Waals surface area contributed by atoms with Crippen LogP contribution in [0.4, 0.5) is 5.69 Å². The summed E-state index contributed by atoms with van der Waals surface area (Å²) in [5.74, 6) is -0.784. The number of H-pyrrole nitrogens is 1. The van der Waals surface area contributed by atoms with Crippen molar-refractivity contribution in [3.8, 4) is 0 Å². The first-order chi connectivity index (χ1) is 16.0. The molecule has 0 saturated carbocycles. The lowest BCUT2D eigenvalue weighted by atomic mass is 9.98. The molecular formula is C25H27ClN4O4. The van der Waals surface area contributed by atoms with Crippen LogP contribution in [0.5, 0.6) is 0 Å². The molecule has 2 aromatic carbocycles. The highest BCUT2D eigenvalue weighted by Crippen LogP contribution is 2.19. The standard InChI is InChI=1S/C25H27ClN4O4/c1-15(2)11-19-7-10-21(12-16(19)3)27-23-28-24(33)30(13-17(4)22(31)32)25(34)29(23)14-18-5-8-20(26)9-6-18/h5-10,12,15H,4,11,13-14H2,1-3H3,(H,31,32)(H,27,28,33). The first kappa shape index (κ1) is 25.0. The molecule has 3 rings (SSSR count). The van der Waals surface area contributed by atoms with Gasteiger partial charge in [0, 0.05) is 10.6 Å². The second-order valence-electron chi connectivity index (χ2n) is 8.56. The van der Waals surface area contributed by atoms with Gasteiger partial charge in [0.2, 0.25) is 5.62 Å². The van der Waals surface area contributed by atoms with Crippen molar-refractivity contribution in [3.63, 3.8) is 0 Å². The third kappa shape index (κ3) is 6.02. The molecule has 9 heteroatoms. The number of carboxylic acids is 1. The van der Waals surface area contributed by atoms with E-state index in [1.807, 2.05) is 25.1 Å². The van der Waals surface area contributed by atoms with Gasteiger partial charge in [-0.1, -0.05) is 50.2 Å². The van der Waals surface area contributed by atoms with Crippen LogP contribution in [0.1, 0.15) is 30.5 Å². The molecule has 178 valence electrons. The average molecular weight is 483 g/mol. The lowest BCUT2D eigenvalue weighted by Crippen LogP contribution is -2.50. The number of hydrogen-bond donors (Lipinski definition) is 2. The number of aryl methyl sites for hydroxylation is 1. The number of aromatic nitrogens is 3. The van der Waals surface area contributed by atoms with Crippen molar-refractivity contribution >= 4 is 23.3 Å². The van der Waals surface area contributed by atoms with Crippen LogP contribution in [0.3, 0.4) is 0 Å². The van der Waals surface area contributed by atoms with E-state index in [0.717, 1.165) is 22.1 Å². The quantitative estimate of drug-likeness (QED) is 0.479. The third-order valence-electron chi connectivity index (χ3n) is 5.28. The molecule has 0 aliphatic carbocycles. The zero-order valence-corrected chi connectivity index (χ0v) is 20.1. The van der Waals surface area contributed by atoms with E-state index in [-0.39, 0.29) is 17.7 Å². The zero-order chi connectivity index (χ0) is 25.0. The monoisotopic (exact) mass is 482 g/mol. The Morgan fingerprint density at radius 1 is 1.15 bits per heavy atom. The van der Waals surface area contributed by atoms with Crippen molar-refractivity contribution < 1.29 is 9.90 Å². The maximum atomic E-state index is 13.3. The van der Waals surface area contributed by atoms with Gasteiger partial charge in [0.15, 0.2) is 0 Å². The summed E-state index contributed by atoms with van der Waals surface area (Å²) >= 11 is 5.97. The summed E-state index contributed by atoms with van der Waals surface area (Å²) in [5.41, 5.74) is 1.90. The maximum Gasteiger partial charge on any atom is 0.335 e. The van der Waals surface area contributed by atoms with Gasteiger partial charge in [-0.25, -0.2) is 23.9 Å².